The highest BCUT2D eigenvalue weighted by atomic mass is 16.3. The molecule has 0 amide bonds. The fourth-order valence-corrected chi connectivity index (χ4v) is 4.41. The summed E-state index contributed by atoms with van der Waals surface area (Å²) in [6.07, 6.45) is 9.18. The van der Waals surface area contributed by atoms with E-state index in [1.54, 1.807) is 0 Å². The van der Waals surface area contributed by atoms with Crippen molar-refractivity contribution in [1.29, 1.82) is 0 Å². The van der Waals surface area contributed by atoms with Crippen LogP contribution in [0.4, 0.5) is 0 Å². The second-order valence-electron chi connectivity index (χ2n) is 7.06. The molecule has 3 heteroatoms. The van der Waals surface area contributed by atoms with Gasteiger partial charge in [0.15, 0.2) is 0 Å². The highest BCUT2D eigenvalue weighted by Gasteiger charge is 2.35. The van der Waals surface area contributed by atoms with Crippen LogP contribution in [0, 0.1) is 5.92 Å². The van der Waals surface area contributed by atoms with Gasteiger partial charge in [-0.2, -0.15) is 0 Å². The molecule has 2 heterocycles. The normalized spacial score (nSPS) is 36.3. The largest absolute Gasteiger partial charge is 0.392 e. The van der Waals surface area contributed by atoms with Crippen molar-refractivity contribution >= 4 is 0 Å². The summed E-state index contributed by atoms with van der Waals surface area (Å²) in [7, 11) is 0. The second-order valence-corrected chi connectivity index (χ2v) is 7.06. The molecular formula is C16H30N2O. The Morgan fingerprint density at radius 1 is 1.05 bits per heavy atom. The van der Waals surface area contributed by atoms with Crippen LogP contribution in [0.25, 0.3) is 0 Å². The van der Waals surface area contributed by atoms with Gasteiger partial charge in [-0.05, 0) is 45.1 Å². The second kappa shape index (κ2) is 6.11. The van der Waals surface area contributed by atoms with Gasteiger partial charge >= 0.3 is 0 Å². The minimum Gasteiger partial charge on any atom is -0.392 e. The number of nitrogens with zero attached hydrogens (tertiary/aromatic N) is 2. The van der Waals surface area contributed by atoms with E-state index in [-0.39, 0.29) is 6.10 Å². The third kappa shape index (κ3) is 3.14. The molecule has 2 saturated heterocycles. The average Bonchev–Trinajstić information content (AvgIpc) is 2.87. The Balaban J connectivity index is 1.53. The molecule has 19 heavy (non-hydrogen) atoms. The van der Waals surface area contributed by atoms with E-state index in [1.165, 1.54) is 64.6 Å². The van der Waals surface area contributed by atoms with Crippen molar-refractivity contribution in [2.45, 2.75) is 70.1 Å². The Bertz CT molecular complexity index is 290. The van der Waals surface area contributed by atoms with Gasteiger partial charge in [0.05, 0.1) is 6.10 Å². The molecule has 3 nitrogen and oxygen atoms in total. The molecule has 3 rings (SSSR count). The maximum absolute atomic E-state index is 10.5. The summed E-state index contributed by atoms with van der Waals surface area (Å²) in [5.41, 5.74) is 0. The third-order valence-corrected chi connectivity index (χ3v) is 5.68. The first-order chi connectivity index (χ1) is 9.24. The molecule has 1 saturated carbocycles. The highest BCUT2D eigenvalue weighted by molar-refractivity contribution is 4.91. The maximum atomic E-state index is 10.5. The van der Waals surface area contributed by atoms with Crippen LogP contribution in [-0.4, -0.2) is 59.3 Å². The molecule has 2 aliphatic heterocycles. The van der Waals surface area contributed by atoms with Crippen molar-refractivity contribution in [2.75, 3.05) is 26.2 Å². The van der Waals surface area contributed by atoms with E-state index in [2.05, 4.69) is 16.7 Å². The average molecular weight is 266 g/mol. The number of β-amino-alcohol motifs (C(OH)–C–C–N with tert-alkyl or cyclic N) is 1. The Hall–Kier alpha value is -0.120. The fraction of sp³-hybridized carbons (Fsp3) is 1.00. The lowest BCUT2D eigenvalue weighted by atomic mass is 9.85. The molecular weight excluding hydrogens is 236 g/mol. The Morgan fingerprint density at radius 3 is 2.63 bits per heavy atom. The summed E-state index contributed by atoms with van der Waals surface area (Å²) in [5.74, 6) is 0.572. The van der Waals surface area contributed by atoms with Crippen LogP contribution in [0.1, 0.15) is 51.9 Å². The Kier molecular flexibility index (Phi) is 4.45. The lowest BCUT2D eigenvalue weighted by Gasteiger charge is -2.44. The zero-order valence-electron chi connectivity index (χ0n) is 12.4. The van der Waals surface area contributed by atoms with Crippen molar-refractivity contribution < 1.29 is 5.11 Å². The molecule has 1 N–H and O–H groups in total. The molecule has 110 valence electrons. The van der Waals surface area contributed by atoms with Gasteiger partial charge in [-0.1, -0.05) is 19.3 Å². The molecule has 3 fully saturated rings. The van der Waals surface area contributed by atoms with Crippen LogP contribution in [0.3, 0.4) is 0 Å². The van der Waals surface area contributed by atoms with Gasteiger partial charge in [-0.15, -0.1) is 0 Å². The quantitative estimate of drug-likeness (QED) is 0.847. The van der Waals surface area contributed by atoms with Crippen LogP contribution in [0.15, 0.2) is 0 Å². The van der Waals surface area contributed by atoms with Crippen molar-refractivity contribution in [3.05, 3.63) is 0 Å². The molecule has 0 bridgehead atoms. The number of hydrogen-bond acceptors (Lipinski definition) is 3. The summed E-state index contributed by atoms with van der Waals surface area (Å²) in [4.78, 5) is 5.22. The van der Waals surface area contributed by atoms with Crippen molar-refractivity contribution in [3.63, 3.8) is 0 Å². The third-order valence-electron chi connectivity index (χ3n) is 5.68. The maximum Gasteiger partial charge on any atom is 0.0695 e. The van der Waals surface area contributed by atoms with Gasteiger partial charge < -0.3 is 5.11 Å². The highest BCUT2D eigenvalue weighted by Crippen LogP contribution is 2.29. The lowest BCUT2D eigenvalue weighted by Crippen LogP contribution is -2.56. The van der Waals surface area contributed by atoms with Gasteiger partial charge in [-0.25, -0.2) is 0 Å². The molecule has 3 aliphatic rings. The molecule has 0 aromatic rings. The summed E-state index contributed by atoms with van der Waals surface area (Å²) >= 11 is 0. The van der Waals surface area contributed by atoms with Crippen LogP contribution in [0.2, 0.25) is 0 Å². The predicted molar refractivity (Wildman–Crippen MR) is 78.2 cm³/mol. The van der Waals surface area contributed by atoms with Crippen molar-refractivity contribution in [3.8, 4) is 0 Å². The Labute approximate surface area is 118 Å². The summed E-state index contributed by atoms with van der Waals surface area (Å²) in [6, 6.07) is 1.39. The Morgan fingerprint density at radius 2 is 1.84 bits per heavy atom. The minimum atomic E-state index is -0.0873. The van der Waals surface area contributed by atoms with E-state index < -0.39 is 0 Å². The SMILES string of the molecule is CC1CN2CCCC2CN1CC(O)C1CCCCC1. The molecule has 0 spiro atoms. The molecule has 3 unspecified atom stereocenters. The minimum absolute atomic E-state index is 0.0873. The fourth-order valence-electron chi connectivity index (χ4n) is 4.41. The number of aliphatic hydroxyl groups is 1. The van der Waals surface area contributed by atoms with Crippen LogP contribution in [-0.2, 0) is 0 Å². The van der Waals surface area contributed by atoms with Crippen molar-refractivity contribution in [2.24, 2.45) is 5.92 Å². The monoisotopic (exact) mass is 266 g/mol. The summed E-state index contributed by atoms with van der Waals surface area (Å²) < 4.78 is 0. The standard InChI is InChI=1S/C16H30N2O/c1-13-10-17-9-5-8-15(17)11-18(13)12-16(19)14-6-3-2-4-7-14/h13-16,19H,2-12H2,1H3. The van der Waals surface area contributed by atoms with Gasteiger partial charge in [0.1, 0.15) is 0 Å². The number of rotatable bonds is 3. The summed E-state index contributed by atoms with van der Waals surface area (Å²) in [6.45, 7) is 6.94. The molecule has 3 atom stereocenters. The van der Waals surface area contributed by atoms with Crippen LogP contribution in [0.5, 0.6) is 0 Å². The van der Waals surface area contributed by atoms with Crippen LogP contribution >= 0.6 is 0 Å². The zero-order valence-corrected chi connectivity index (χ0v) is 12.4. The van der Waals surface area contributed by atoms with E-state index in [0.29, 0.717) is 12.0 Å². The number of aliphatic hydroxyl groups excluding tert-OH is 1. The van der Waals surface area contributed by atoms with Gasteiger partial charge in [0, 0.05) is 31.7 Å². The smallest absolute Gasteiger partial charge is 0.0695 e. The van der Waals surface area contributed by atoms with E-state index in [4.69, 9.17) is 0 Å². The zero-order chi connectivity index (χ0) is 13.2. The topological polar surface area (TPSA) is 26.7 Å². The molecule has 0 radical (unpaired) electrons. The van der Waals surface area contributed by atoms with Gasteiger partial charge in [0.2, 0.25) is 0 Å². The number of fused-ring (bicyclic) bond motifs is 1. The number of hydrogen-bond donors (Lipinski definition) is 1. The molecule has 1 aliphatic carbocycles. The first-order valence-corrected chi connectivity index (χ1v) is 8.40. The van der Waals surface area contributed by atoms with E-state index >= 15 is 0 Å². The molecule has 0 aromatic heterocycles. The molecule has 0 aromatic carbocycles. The van der Waals surface area contributed by atoms with Gasteiger partial charge in [-0.3, -0.25) is 9.80 Å². The predicted octanol–water partition coefficient (Wildman–Crippen LogP) is 2.10. The van der Waals surface area contributed by atoms with Crippen LogP contribution < -0.4 is 0 Å². The van der Waals surface area contributed by atoms with Gasteiger partial charge in [0.25, 0.3) is 0 Å². The summed E-state index contributed by atoms with van der Waals surface area (Å²) in [5, 5.41) is 10.5. The lowest BCUT2D eigenvalue weighted by molar-refractivity contribution is -0.00253. The van der Waals surface area contributed by atoms with E-state index in [1.807, 2.05) is 0 Å². The van der Waals surface area contributed by atoms with E-state index in [0.717, 1.165) is 12.6 Å². The van der Waals surface area contributed by atoms with E-state index in [9.17, 15) is 5.11 Å². The number of piperazine rings is 1. The first kappa shape index (κ1) is 13.8. The first-order valence-electron chi connectivity index (χ1n) is 8.40. The van der Waals surface area contributed by atoms with Crippen molar-refractivity contribution in [1.82, 2.24) is 9.80 Å².